The van der Waals surface area contributed by atoms with Crippen LogP contribution < -0.4 is 10.1 Å². The van der Waals surface area contributed by atoms with E-state index < -0.39 is 24.4 Å². The van der Waals surface area contributed by atoms with Crippen LogP contribution in [0, 0.1) is 5.82 Å². The van der Waals surface area contributed by atoms with Crippen LogP contribution in [0.1, 0.15) is 12.5 Å². The highest BCUT2D eigenvalue weighted by molar-refractivity contribution is 5.94. The van der Waals surface area contributed by atoms with Gasteiger partial charge in [0.05, 0.1) is 11.9 Å². The molecule has 0 aliphatic heterocycles. The Morgan fingerprint density at radius 3 is 2.48 bits per heavy atom. The number of nitrogens with zero attached hydrogens (tertiary/aromatic N) is 1. The highest BCUT2D eigenvalue weighted by atomic mass is 19.3. The first-order chi connectivity index (χ1) is 12.0. The summed E-state index contributed by atoms with van der Waals surface area (Å²) < 4.78 is 41.8. The number of alkyl halides is 2. The average molecular weight is 352 g/mol. The molecular weight excluding hydrogens is 337 g/mol. The van der Waals surface area contributed by atoms with Gasteiger partial charge in [-0.25, -0.2) is 4.39 Å². The first-order valence-electron chi connectivity index (χ1n) is 7.25. The zero-order chi connectivity index (χ0) is 18.2. The summed E-state index contributed by atoms with van der Waals surface area (Å²) in [6.07, 6.45) is 0.344. The van der Waals surface area contributed by atoms with Crippen molar-refractivity contribution in [2.75, 3.05) is 5.32 Å². The molecule has 2 aromatic rings. The SMILES string of the molecule is C[C@H](O/N=C\c1ccc(OC(F)F)cc1)C(=O)Nc1ccccc1F. The quantitative estimate of drug-likeness (QED) is 0.609. The van der Waals surface area contributed by atoms with Crippen LogP contribution in [-0.4, -0.2) is 24.8 Å². The third-order valence-corrected chi connectivity index (χ3v) is 3.03. The van der Waals surface area contributed by atoms with Gasteiger partial charge < -0.3 is 14.9 Å². The molecule has 0 spiro atoms. The molecule has 132 valence electrons. The van der Waals surface area contributed by atoms with Gasteiger partial charge in [-0.1, -0.05) is 17.3 Å². The van der Waals surface area contributed by atoms with Crippen LogP contribution in [0.2, 0.25) is 0 Å². The van der Waals surface area contributed by atoms with Crippen LogP contribution in [0.15, 0.2) is 53.7 Å². The van der Waals surface area contributed by atoms with Crippen LogP contribution in [0.4, 0.5) is 18.9 Å². The molecule has 0 saturated heterocycles. The Kier molecular flexibility index (Phi) is 6.39. The van der Waals surface area contributed by atoms with E-state index >= 15 is 0 Å². The summed E-state index contributed by atoms with van der Waals surface area (Å²) in [5.74, 6) is -1.11. The van der Waals surface area contributed by atoms with E-state index in [2.05, 4.69) is 15.2 Å². The summed E-state index contributed by atoms with van der Waals surface area (Å²) in [5.41, 5.74) is 0.602. The van der Waals surface area contributed by atoms with Crippen molar-refractivity contribution in [3.05, 3.63) is 59.9 Å². The van der Waals surface area contributed by atoms with Crippen LogP contribution in [0.25, 0.3) is 0 Å². The molecule has 0 radical (unpaired) electrons. The average Bonchev–Trinajstić information content (AvgIpc) is 2.58. The number of rotatable bonds is 7. The van der Waals surface area contributed by atoms with Gasteiger partial charge in [-0.2, -0.15) is 8.78 Å². The molecule has 0 saturated carbocycles. The molecule has 2 rings (SSSR count). The minimum atomic E-state index is -2.89. The third kappa shape index (κ3) is 5.83. The van der Waals surface area contributed by atoms with Crippen LogP contribution >= 0.6 is 0 Å². The van der Waals surface area contributed by atoms with Crippen molar-refractivity contribution in [3.8, 4) is 5.75 Å². The van der Waals surface area contributed by atoms with Crippen molar-refractivity contribution >= 4 is 17.8 Å². The van der Waals surface area contributed by atoms with E-state index in [-0.39, 0.29) is 11.4 Å². The molecule has 0 heterocycles. The number of para-hydroxylation sites is 1. The number of carbonyl (C=O) groups excluding carboxylic acids is 1. The summed E-state index contributed by atoms with van der Waals surface area (Å²) in [7, 11) is 0. The molecule has 8 heteroatoms. The lowest BCUT2D eigenvalue weighted by molar-refractivity contribution is -0.126. The molecule has 25 heavy (non-hydrogen) atoms. The summed E-state index contributed by atoms with van der Waals surface area (Å²) >= 11 is 0. The van der Waals surface area contributed by atoms with E-state index in [1.807, 2.05) is 0 Å². The van der Waals surface area contributed by atoms with Gasteiger partial charge in [0.25, 0.3) is 5.91 Å². The van der Waals surface area contributed by atoms with Crippen molar-refractivity contribution < 1.29 is 27.5 Å². The Bertz CT molecular complexity index is 736. The fraction of sp³-hybridized carbons (Fsp3) is 0.176. The Morgan fingerprint density at radius 2 is 1.84 bits per heavy atom. The van der Waals surface area contributed by atoms with E-state index in [4.69, 9.17) is 4.84 Å². The molecule has 0 fully saturated rings. The molecule has 2 aromatic carbocycles. The Labute approximate surface area is 142 Å². The lowest BCUT2D eigenvalue weighted by Gasteiger charge is -2.10. The minimum Gasteiger partial charge on any atom is -0.435 e. The minimum absolute atomic E-state index is 0.0192. The maximum absolute atomic E-state index is 13.5. The van der Waals surface area contributed by atoms with E-state index in [1.54, 1.807) is 6.07 Å². The molecule has 1 atom stereocenters. The molecule has 0 unspecified atom stereocenters. The zero-order valence-electron chi connectivity index (χ0n) is 13.2. The van der Waals surface area contributed by atoms with Gasteiger partial charge in [-0.3, -0.25) is 4.79 Å². The highest BCUT2D eigenvalue weighted by Gasteiger charge is 2.15. The number of anilines is 1. The maximum Gasteiger partial charge on any atom is 0.387 e. The number of halogens is 3. The Morgan fingerprint density at radius 1 is 1.16 bits per heavy atom. The van der Waals surface area contributed by atoms with Gasteiger partial charge >= 0.3 is 6.61 Å². The van der Waals surface area contributed by atoms with Gasteiger partial charge in [0, 0.05) is 0 Å². The second-order valence-electron chi connectivity index (χ2n) is 4.90. The van der Waals surface area contributed by atoms with Crippen LogP contribution in [0.5, 0.6) is 5.75 Å². The number of nitrogens with one attached hydrogen (secondary N) is 1. The monoisotopic (exact) mass is 352 g/mol. The van der Waals surface area contributed by atoms with Crippen molar-refractivity contribution in [3.63, 3.8) is 0 Å². The third-order valence-electron chi connectivity index (χ3n) is 3.03. The zero-order valence-corrected chi connectivity index (χ0v) is 13.2. The molecule has 0 aliphatic rings. The lowest BCUT2D eigenvalue weighted by Crippen LogP contribution is -2.26. The molecule has 0 aromatic heterocycles. The van der Waals surface area contributed by atoms with Gasteiger partial charge in [0.2, 0.25) is 6.10 Å². The number of ether oxygens (including phenoxy) is 1. The van der Waals surface area contributed by atoms with E-state index in [0.29, 0.717) is 5.56 Å². The number of hydrogen-bond donors (Lipinski definition) is 1. The molecule has 0 aliphatic carbocycles. The van der Waals surface area contributed by atoms with Crippen LogP contribution in [0.3, 0.4) is 0 Å². The predicted octanol–water partition coefficient (Wildman–Crippen LogP) is 3.80. The Balaban J connectivity index is 1.86. The molecule has 1 amide bonds. The van der Waals surface area contributed by atoms with Gasteiger partial charge in [0.15, 0.2) is 0 Å². The fourth-order valence-electron chi connectivity index (χ4n) is 1.76. The second kappa shape index (κ2) is 8.72. The normalized spacial score (nSPS) is 12.2. The Hall–Kier alpha value is -3.03. The van der Waals surface area contributed by atoms with Gasteiger partial charge in [-0.05, 0) is 48.9 Å². The molecule has 0 bridgehead atoms. The number of carbonyl (C=O) groups is 1. The second-order valence-corrected chi connectivity index (χ2v) is 4.90. The molecule has 5 nitrogen and oxygen atoms in total. The van der Waals surface area contributed by atoms with Gasteiger partial charge in [0.1, 0.15) is 11.6 Å². The standard InChI is InChI=1S/C17H15F3N2O3/c1-11(16(23)22-15-5-3-2-4-14(15)18)25-21-10-12-6-8-13(9-7-12)24-17(19)20/h2-11,17H,1H3,(H,22,23)/b21-10-/t11-/m0/s1. The van der Waals surface area contributed by atoms with Crippen LogP contribution in [-0.2, 0) is 9.63 Å². The van der Waals surface area contributed by atoms with Crippen molar-refractivity contribution in [2.45, 2.75) is 19.6 Å². The van der Waals surface area contributed by atoms with Crippen molar-refractivity contribution in [2.24, 2.45) is 5.16 Å². The van der Waals surface area contributed by atoms with Gasteiger partial charge in [-0.15, -0.1) is 0 Å². The number of benzene rings is 2. The largest absolute Gasteiger partial charge is 0.435 e. The summed E-state index contributed by atoms with van der Waals surface area (Å²) in [6.45, 7) is -1.44. The summed E-state index contributed by atoms with van der Waals surface area (Å²) in [4.78, 5) is 16.9. The molecule has 1 N–H and O–H groups in total. The van der Waals surface area contributed by atoms with Crippen molar-refractivity contribution in [1.82, 2.24) is 0 Å². The van der Waals surface area contributed by atoms with E-state index in [1.165, 1.54) is 55.6 Å². The number of oxime groups is 1. The van der Waals surface area contributed by atoms with E-state index in [0.717, 1.165) is 0 Å². The first kappa shape index (κ1) is 18.3. The summed E-state index contributed by atoms with van der Waals surface area (Å²) in [6, 6.07) is 11.4. The lowest BCUT2D eigenvalue weighted by atomic mass is 10.2. The number of amides is 1. The number of hydrogen-bond acceptors (Lipinski definition) is 4. The fourth-order valence-corrected chi connectivity index (χ4v) is 1.76. The first-order valence-corrected chi connectivity index (χ1v) is 7.25. The smallest absolute Gasteiger partial charge is 0.387 e. The van der Waals surface area contributed by atoms with E-state index in [9.17, 15) is 18.0 Å². The summed E-state index contributed by atoms with van der Waals surface area (Å²) in [5, 5.41) is 6.03. The van der Waals surface area contributed by atoms with Crippen molar-refractivity contribution in [1.29, 1.82) is 0 Å². The molecular formula is C17H15F3N2O3. The topological polar surface area (TPSA) is 59.9 Å². The predicted molar refractivity (Wildman–Crippen MR) is 86.2 cm³/mol. The maximum atomic E-state index is 13.5. The highest BCUT2D eigenvalue weighted by Crippen LogP contribution is 2.15.